The van der Waals surface area contributed by atoms with Gasteiger partial charge >= 0.3 is 0 Å². The van der Waals surface area contributed by atoms with Crippen molar-refractivity contribution < 1.29 is 4.79 Å². The lowest BCUT2D eigenvalue weighted by Gasteiger charge is -2.26. The Balaban J connectivity index is 1.59. The molecule has 132 valence electrons. The van der Waals surface area contributed by atoms with E-state index >= 15 is 0 Å². The van der Waals surface area contributed by atoms with Crippen molar-refractivity contribution in [2.75, 3.05) is 26.2 Å². The molecule has 1 amide bonds. The van der Waals surface area contributed by atoms with E-state index in [2.05, 4.69) is 39.9 Å². The monoisotopic (exact) mass is 347 g/mol. The number of carbonyl (C=O) groups is 1. The van der Waals surface area contributed by atoms with Crippen LogP contribution in [0.5, 0.6) is 0 Å². The number of nitrogens with zero attached hydrogens (tertiary/aromatic N) is 4. The molecule has 0 aliphatic carbocycles. The third kappa shape index (κ3) is 3.11. The van der Waals surface area contributed by atoms with E-state index in [-0.39, 0.29) is 5.91 Å². The van der Waals surface area contributed by atoms with Crippen molar-refractivity contribution >= 4 is 5.91 Å². The predicted molar refractivity (Wildman–Crippen MR) is 100 cm³/mol. The van der Waals surface area contributed by atoms with Gasteiger partial charge in [-0.05, 0) is 30.2 Å². The Kier molecular flexibility index (Phi) is 4.50. The van der Waals surface area contributed by atoms with Gasteiger partial charge in [-0.1, -0.05) is 47.7 Å². The number of rotatable bonds is 3. The number of amides is 1. The Labute approximate surface area is 152 Å². The molecule has 3 aromatic rings. The molecule has 0 atom stereocenters. The van der Waals surface area contributed by atoms with Crippen LogP contribution in [0.3, 0.4) is 0 Å². The van der Waals surface area contributed by atoms with Crippen molar-refractivity contribution in [1.29, 1.82) is 0 Å². The van der Waals surface area contributed by atoms with Crippen LogP contribution in [0.1, 0.15) is 16.2 Å². The fourth-order valence-corrected chi connectivity index (χ4v) is 3.22. The average Bonchev–Trinajstić information content (AvgIpc) is 3.10. The molecule has 1 saturated heterocycles. The fraction of sp³-hybridized carbons (Fsp3) is 0.250. The summed E-state index contributed by atoms with van der Waals surface area (Å²) in [5.41, 5.74) is 4.40. The van der Waals surface area contributed by atoms with Crippen LogP contribution in [0, 0.1) is 6.92 Å². The van der Waals surface area contributed by atoms with Crippen LogP contribution in [0.25, 0.3) is 16.8 Å². The molecular formula is C20H21N5O. The maximum atomic E-state index is 12.7. The summed E-state index contributed by atoms with van der Waals surface area (Å²) in [7, 11) is 0. The minimum Gasteiger partial charge on any atom is -0.335 e. The van der Waals surface area contributed by atoms with Crippen LogP contribution in [-0.4, -0.2) is 52.0 Å². The number of hydrogen-bond acceptors (Lipinski definition) is 4. The minimum atomic E-state index is -0.0452. The molecule has 0 unspecified atom stereocenters. The second-order valence-electron chi connectivity index (χ2n) is 6.39. The van der Waals surface area contributed by atoms with Gasteiger partial charge in [0.2, 0.25) is 0 Å². The molecule has 0 saturated carbocycles. The summed E-state index contributed by atoms with van der Waals surface area (Å²) in [4.78, 5) is 14.5. The molecule has 1 N–H and O–H groups in total. The highest BCUT2D eigenvalue weighted by molar-refractivity contribution is 5.93. The molecule has 6 nitrogen and oxygen atoms in total. The van der Waals surface area contributed by atoms with Gasteiger partial charge in [0.1, 0.15) is 0 Å². The topological polar surface area (TPSA) is 63.1 Å². The lowest BCUT2D eigenvalue weighted by atomic mass is 10.1. The number of aromatic nitrogens is 3. The van der Waals surface area contributed by atoms with Gasteiger partial charge in [0.15, 0.2) is 5.69 Å². The first kappa shape index (κ1) is 16.5. The average molecular weight is 347 g/mol. The normalized spacial score (nSPS) is 14.4. The first-order valence-corrected chi connectivity index (χ1v) is 8.82. The van der Waals surface area contributed by atoms with E-state index in [4.69, 9.17) is 0 Å². The Morgan fingerprint density at radius 1 is 0.962 bits per heavy atom. The highest BCUT2D eigenvalue weighted by Gasteiger charge is 2.24. The summed E-state index contributed by atoms with van der Waals surface area (Å²) in [5, 5.41) is 11.6. The second-order valence-corrected chi connectivity index (χ2v) is 6.39. The Morgan fingerprint density at radius 2 is 1.62 bits per heavy atom. The quantitative estimate of drug-likeness (QED) is 0.790. The van der Waals surface area contributed by atoms with Crippen molar-refractivity contribution in [3.05, 3.63) is 66.0 Å². The van der Waals surface area contributed by atoms with Crippen LogP contribution in [0.4, 0.5) is 0 Å². The van der Waals surface area contributed by atoms with Crippen LogP contribution in [0.2, 0.25) is 0 Å². The maximum Gasteiger partial charge on any atom is 0.276 e. The Bertz CT molecular complexity index is 896. The van der Waals surface area contributed by atoms with Gasteiger partial charge < -0.3 is 10.2 Å². The molecule has 0 spiro atoms. The number of piperazine rings is 1. The fourth-order valence-electron chi connectivity index (χ4n) is 3.22. The summed E-state index contributed by atoms with van der Waals surface area (Å²) >= 11 is 0. The summed E-state index contributed by atoms with van der Waals surface area (Å²) in [5.74, 6) is -0.0452. The SMILES string of the molecule is Cc1c(C(=O)N2CCNCC2)nnn1-c1ccc(-c2ccccc2)cc1. The zero-order chi connectivity index (χ0) is 17.9. The first-order chi connectivity index (χ1) is 12.7. The zero-order valence-electron chi connectivity index (χ0n) is 14.7. The van der Waals surface area contributed by atoms with Crippen LogP contribution in [-0.2, 0) is 0 Å². The van der Waals surface area contributed by atoms with E-state index in [1.54, 1.807) is 4.68 Å². The van der Waals surface area contributed by atoms with Gasteiger partial charge in [-0.2, -0.15) is 0 Å². The minimum absolute atomic E-state index is 0.0452. The highest BCUT2D eigenvalue weighted by Crippen LogP contribution is 2.21. The van der Waals surface area contributed by atoms with E-state index in [1.165, 1.54) is 5.56 Å². The third-order valence-electron chi connectivity index (χ3n) is 4.72. The van der Waals surface area contributed by atoms with Crippen LogP contribution >= 0.6 is 0 Å². The zero-order valence-corrected chi connectivity index (χ0v) is 14.7. The van der Waals surface area contributed by atoms with E-state index in [0.29, 0.717) is 18.8 Å². The standard InChI is InChI=1S/C20H21N5O/c1-15-19(20(26)24-13-11-21-12-14-24)22-23-25(15)18-9-7-17(8-10-18)16-5-3-2-4-6-16/h2-10,21H,11-14H2,1H3. The molecule has 1 fully saturated rings. The first-order valence-electron chi connectivity index (χ1n) is 8.82. The molecule has 4 rings (SSSR count). The molecule has 6 heteroatoms. The van der Waals surface area contributed by atoms with Crippen molar-refractivity contribution in [1.82, 2.24) is 25.2 Å². The van der Waals surface area contributed by atoms with Gasteiger partial charge in [0.05, 0.1) is 11.4 Å². The number of hydrogen-bond donors (Lipinski definition) is 1. The van der Waals surface area contributed by atoms with E-state index in [9.17, 15) is 4.79 Å². The Morgan fingerprint density at radius 3 is 2.31 bits per heavy atom. The predicted octanol–water partition coefficient (Wildman–Crippen LogP) is 2.29. The van der Waals surface area contributed by atoms with Crippen molar-refractivity contribution in [3.63, 3.8) is 0 Å². The van der Waals surface area contributed by atoms with E-state index in [1.807, 2.05) is 42.2 Å². The molecular weight excluding hydrogens is 326 g/mol. The van der Waals surface area contributed by atoms with Gasteiger partial charge in [-0.25, -0.2) is 4.68 Å². The van der Waals surface area contributed by atoms with E-state index in [0.717, 1.165) is 30.0 Å². The summed E-state index contributed by atoms with van der Waals surface area (Å²) in [6.45, 7) is 4.94. The Hall–Kier alpha value is -2.99. The smallest absolute Gasteiger partial charge is 0.276 e. The number of carbonyl (C=O) groups excluding carboxylic acids is 1. The second kappa shape index (κ2) is 7.09. The van der Waals surface area contributed by atoms with Crippen LogP contribution in [0.15, 0.2) is 54.6 Å². The molecule has 2 heterocycles. The molecule has 1 aromatic heterocycles. The number of benzene rings is 2. The van der Waals surface area contributed by atoms with Gasteiger partial charge in [-0.3, -0.25) is 4.79 Å². The largest absolute Gasteiger partial charge is 0.335 e. The highest BCUT2D eigenvalue weighted by atomic mass is 16.2. The molecule has 1 aliphatic rings. The summed E-state index contributed by atoms with van der Waals surface area (Å²) < 4.78 is 1.73. The third-order valence-corrected chi connectivity index (χ3v) is 4.72. The van der Waals surface area contributed by atoms with Crippen molar-refractivity contribution in [2.24, 2.45) is 0 Å². The summed E-state index contributed by atoms with van der Waals surface area (Å²) in [6.07, 6.45) is 0. The maximum absolute atomic E-state index is 12.7. The van der Waals surface area contributed by atoms with Gasteiger partial charge in [-0.15, -0.1) is 5.10 Å². The summed E-state index contributed by atoms with van der Waals surface area (Å²) in [6, 6.07) is 18.4. The van der Waals surface area contributed by atoms with E-state index < -0.39 is 0 Å². The molecule has 26 heavy (non-hydrogen) atoms. The van der Waals surface area contributed by atoms with Gasteiger partial charge in [0.25, 0.3) is 5.91 Å². The molecule has 2 aromatic carbocycles. The molecule has 1 aliphatic heterocycles. The van der Waals surface area contributed by atoms with Gasteiger partial charge in [0, 0.05) is 26.2 Å². The molecule has 0 bridgehead atoms. The number of nitrogens with one attached hydrogen (secondary N) is 1. The van der Waals surface area contributed by atoms with Crippen molar-refractivity contribution in [2.45, 2.75) is 6.92 Å². The lowest BCUT2D eigenvalue weighted by molar-refractivity contribution is 0.0729. The lowest BCUT2D eigenvalue weighted by Crippen LogP contribution is -2.46. The van der Waals surface area contributed by atoms with Crippen molar-refractivity contribution in [3.8, 4) is 16.8 Å². The molecule has 0 radical (unpaired) electrons. The van der Waals surface area contributed by atoms with Crippen LogP contribution < -0.4 is 5.32 Å².